The molecule has 0 radical (unpaired) electrons. The standard InChI is InChI=1S/C16H25NO/c1-4-12(2)11-16(17)9-5-6-13-7-8-14(18-3)10-15(13)16/h7-8,10,12H,4-6,9,11,17H2,1-3H3. The maximum absolute atomic E-state index is 6.72. The second kappa shape index (κ2) is 5.31. The molecular formula is C16H25NO. The van der Waals surface area contributed by atoms with E-state index in [-0.39, 0.29) is 5.54 Å². The molecule has 0 bridgehead atoms. The van der Waals surface area contributed by atoms with Gasteiger partial charge in [-0.05, 0) is 54.9 Å². The fraction of sp³-hybridized carbons (Fsp3) is 0.625. The second-order valence-electron chi connectivity index (χ2n) is 5.75. The van der Waals surface area contributed by atoms with Crippen molar-refractivity contribution in [1.29, 1.82) is 0 Å². The van der Waals surface area contributed by atoms with Crippen molar-refractivity contribution in [2.24, 2.45) is 11.7 Å². The van der Waals surface area contributed by atoms with Gasteiger partial charge in [-0.3, -0.25) is 0 Å². The van der Waals surface area contributed by atoms with Crippen molar-refractivity contribution < 1.29 is 4.74 Å². The van der Waals surface area contributed by atoms with Crippen LogP contribution in [0, 0.1) is 5.92 Å². The van der Waals surface area contributed by atoms with Crippen LogP contribution in [0.5, 0.6) is 5.75 Å². The minimum absolute atomic E-state index is 0.155. The Morgan fingerprint density at radius 2 is 2.22 bits per heavy atom. The van der Waals surface area contributed by atoms with Crippen molar-refractivity contribution >= 4 is 0 Å². The summed E-state index contributed by atoms with van der Waals surface area (Å²) in [6.07, 6.45) is 5.71. The molecule has 0 aliphatic heterocycles. The molecule has 0 amide bonds. The summed E-state index contributed by atoms with van der Waals surface area (Å²) in [5.74, 6) is 1.60. The monoisotopic (exact) mass is 247 g/mol. The molecule has 2 atom stereocenters. The summed E-state index contributed by atoms with van der Waals surface area (Å²) in [5.41, 5.74) is 9.28. The highest BCUT2D eigenvalue weighted by Crippen LogP contribution is 2.39. The number of hydrogen-bond acceptors (Lipinski definition) is 2. The molecule has 1 aliphatic rings. The molecule has 18 heavy (non-hydrogen) atoms. The van der Waals surface area contributed by atoms with Gasteiger partial charge in [0.25, 0.3) is 0 Å². The summed E-state index contributed by atoms with van der Waals surface area (Å²) in [4.78, 5) is 0. The summed E-state index contributed by atoms with van der Waals surface area (Å²) in [6, 6.07) is 6.39. The van der Waals surface area contributed by atoms with E-state index in [0.29, 0.717) is 5.92 Å². The molecule has 2 nitrogen and oxygen atoms in total. The zero-order valence-electron chi connectivity index (χ0n) is 11.8. The Hall–Kier alpha value is -1.02. The summed E-state index contributed by atoms with van der Waals surface area (Å²) in [6.45, 7) is 4.53. The van der Waals surface area contributed by atoms with Crippen LogP contribution >= 0.6 is 0 Å². The van der Waals surface area contributed by atoms with Crippen LogP contribution in [0.15, 0.2) is 18.2 Å². The molecule has 2 unspecified atom stereocenters. The summed E-state index contributed by atoms with van der Waals surface area (Å²) in [5, 5.41) is 0. The van der Waals surface area contributed by atoms with Gasteiger partial charge in [0, 0.05) is 5.54 Å². The van der Waals surface area contributed by atoms with Crippen LogP contribution in [0.2, 0.25) is 0 Å². The minimum Gasteiger partial charge on any atom is -0.497 e. The summed E-state index contributed by atoms with van der Waals surface area (Å²) < 4.78 is 5.35. The van der Waals surface area contributed by atoms with Gasteiger partial charge in [0.2, 0.25) is 0 Å². The largest absolute Gasteiger partial charge is 0.497 e. The normalized spacial score (nSPS) is 24.4. The Bertz CT molecular complexity index is 416. The molecule has 0 fully saturated rings. The third-order valence-electron chi connectivity index (χ3n) is 4.33. The first-order valence-electron chi connectivity index (χ1n) is 7.05. The Kier molecular flexibility index (Phi) is 3.96. The smallest absolute Gasteiger partial charge is 0.119 e. The lowest BCUT2D eigenvalue weighted by Gasteiger charge is -2.38. The molecule has 0 saturated carbocycles. The van der Waals surface area contributed by atoms with Crippen molar-refractivity contribution in [3.63, 3.8) is 0 Å². The Morgan fingerprint density at radius 1 is 1.44 bits per heavy atom. The van der Waals surface area contributed by atoms with Gasteiger partial charge in [0.1, 0.15) is 5.75 Å². The van der Waals surface area contributed by atoms with E-state index in [0.717, 1.165) is 25.0 Å². The van der Waals surface area contributed by atoms with E-state index in [1.165, 1.54) is 24.0 Å². The predicted octanol–water partition coefficient (Wildman–Crippen LogP) is 3.62. The van der Waals surface area contributed by atoms with Crippen LogP contribution in [-0.4, -0.2) is 7.11 Å². The molecule has 0 heterocycles. The Morgan fingerprint density at radius 3 is 2.89 bits per heavy atom. The van der Waals surface area contributed by atoms with Gasteiger partial charge in [-0.25, -0.2) is 0 Å². The van der Waals surface area contributed by atoms with Gasteiger partial charge in [0.15, 0.2) is 0 Å². The summed E-state index contributed by atoms with van der Waals surface area (Å²) in [7, 11) is 1.72. The van der Waals surface area contributed by atoms with E-state index < -0.39 is 0 Å². The highest BCUT2D eigenvalue weighted by Gasteiger charge is 2.33. The fourth-order valence-electron chi connectivity index (χ4n) is 3.07. The fourth-order valence-corrected chi connectivity index (χ4v) is 3.07. The first-order valence-corrected chi connectivity index (χ1v) is 7.05. The van der Waals surface area contributed by atoms with E-state index in [4.69, 9.17) is 10.5 Å². The van der Waals surface area contributed by atoms with Gasteiger partial charge in [-0.15, -0.1) is 0 Å². The zero-order valence-corrected chi connectivity index (χ0v) is 11.8. The van der Waals surface area contributed by atoms with Crippen LogP contribution in [0.1, 0.15) is 50.7 Å². The molecule has 1 aliphatic carbocycles. The average Bonchev–Trinajstić information content (AvgIpc) is 2.38. The molecular weight excluding hydrogens is 222 g/mol. The quantitative estimate of drug-likeness (QED) is 0.882. The highest BCUT2D eigenvalue weighted by atomic mass is 16.5. The number of nitrogens with two attached hydrogens (primary N) is 1. The van der Waals surface area contributed by atoms with E-state index in [1.54, 1.807) is 7.11 Å². The van der Waals surface area contributed by atoms with Crippen LogP contribution in [-0.2, 0) is 12.0 Å². The van der Waals surface area contributed by atoms with Crippen LogP contribution in [0.25, 0.3) is 0 Å². The van der Waals surface area contributed by atoms with Gasteiger partial charge >= 0.3 is 0 Å². The predicted molar refractivity (Wildman–Crippen MR) is 75.9 cm³/mol. The van der Waals surface area contributed by atoms with Crippen LogP contribution < -0.4 is 10.5 Å². The molecule has 2 rings (SSSR count). The lowest BCUT2D eigenvalue weighted by Crippen LogP contribution is -2.41. The third-order valence-corrected chi connectivity index (χ3v) is 4.33. The lowest BCUT2D eigenvalue weighted by molar-refractivity contribution is 0.288. The summed E-state index contributed by atoms with van der Waals surface area (Å²) >= 11 is 0. The minimum atomic E-state index is -0.155. The Labute approximate surface area is 111 Å². The average molecular weight is 247 g/mol. The zero-order chi connectivity index (χ0) is 13.2. The number of hydrogen-bond donors (Lipinski definition) is 1. The Balaban J connectivity index is 2.35. The number of methoxy groups -OCH3 is 1. The SMILES string of the molecule is CCC(C)CC1(N)CCCc2ccc(OC)cc21. The first-order chi connectivity index (χ1) is 8.59. The molecule has 0 aromatic heterocycles. The molecule has 100 valence electrons. The van der Waals surface area contributed by atoms with Crippen LogP contribution in [0.4, 0.5) is 0 Å². The van der Waals surface area contributed by atoms with E-state index in [9.17, 15) is 0 Å². The maximum atomic E-state index is 6.72. The molecule has 2 heteroatoms. The first kappa shape index (κ1) is 13.4. The molecule has 1 aromatic carbocycles. The maximum Gasteiger partial charge on any atom is 0.119 e. The number of aryl methyl sites for hydroxylation is 1. The van der Waals surface area contributed by atoms with Crippen molar-refractivity contribution in [1.82, 2.24) is 0 Å². The molecule has 0 spiro atoms. The molecule has 2 N–H and O–H groups in total. The van der Waals surface area contributed by atoms with Gasteiger partial charge in [-0.2, -0.15) is 0 Å². The topological polar surface area (TPSA) is 35.2 Å². The van der Waals surface area contributed by atoms with Crippen molar-refractivity contribution in [3.05, 3.63) is 29.3 Å². The second-order valence-corrected chi connectivity index (χ2v) is 5.75. The van der Waals surface area contributed by atoms with Gasteiger partial charge < -0.3 is 10.5 Å². The van der Waals surface area contributed by atoms with Crippen molar-refractivity contribution in [2.75, 3.05) is 7.11 Å². The van der Waals surface area contributed by atoms with Crippen molar-refractivity contribution in [2.45, 2.75) is 51.5 Å². The highest BCUT2D eigenvalue weighted by molar-refractivity contribution is 5.41. The number of ether oxygens (including phenoxy) is 1. The van der Waals surface area contributed by atoms with E-state index >= 15 is 0 Å². The van der Waals surface area contributed by atoms with Crippen molar-refractivity contribution in [3.8, 4) is 5.75 Å². The van der Waals surface area contributed by atoms with E-state index in [2.05, 4.69) is 26.0 Å². The van der Waals surface area contributed by atoms with Crippen LogP contribution in [0.3, 0.4) is 0 Å². The van der Waals surface area contributed by atoms with E-state index in [1.807, 2.05) is 6.07 Å². The number of benzene rings is 1. The number of rotatable bonds is 4. The van der Waals surface area contributed by atoms with Gasteiger partial charge in [0.05, 0.1) is 7.11 Å². The molecule has 1 aromatic rings. The third kappa shape index (κ3) is 2.54. The lowest BCUT2D eigenvalue weighted by atomic mass is 9.72. The molecule has 0 saturated heterocycles. The number of fused-ring (bicyclic) bond motifs is 1. The van der Waals surface area contributed by atoms with Gasteiger partial charge in [-0.1, -0.05) is 26.3 Å².